The molecule has 0 rings (SSSR count). The fourth-order valence-electron chi connectivity index (χ4n) is 0.506. The molecule has 0 bridgehead atoms. The first-order valence-electron chi connectivity index (χ1n) is 3.17. The second-order valence-corrected chi connectivity index (χ2v) is 1.89. The number of hydrogen-bond donors (Lipinski definition) is 4. The molecule has 0 heterocycles. The highest BCUT2D eigenvalue weighted by Gasteiger charge is 2.37. The quantitative estimate of drug-likeness (QED) is 0.249. The molecule has 0 fully saturated rings. The Bertz CT molecular complexity index is 280. The molecule has 0 spiro atoms. The largest absolute Gasteiger partial charge is 0.409 e. The monoisotopic (exact) mass is 256 g/mol. The summed E-state index contributed by atoms with van der Waals surface area (Å²) in [4.78, 5) is 14.3. The van der Waals surface area contributed by atoms with Gasteiger partial charge in [0.05, 0.1) is 0 Å². The van der Waals surface area contributed by atoms with Gasteiger partial charge in [-0.1, -0.05) is 0 Å². The molecule has 0 aromatic heterocycles. The van der Waals surface area contributed by atoms with Crippen LogP contribution >= 0.6 is 0 Å². The summed E-state index contributed by atoms with van der Waals surface area (Å²) < 4.78 is 0. The maximum absolute atomic E-state index is 10.2. The molecule has 0 amide bonds. The van der Waals surface area contributed by atoms with E-state index in [0.29, 0.717) is 0 Å². The van der Waals surface area contributed by atoms with Crippen LogP contribution in [0.15, 0.2) is 0 Å². The molecule has 16 heteroatoms. The fourth-order valence-corrected chi connectivity index (χ4v) is 0.506. The Balaban J connectivity index is 5.16. The van der Waals surface area contributed by atoms with Crippen LogP contribution in [0.5, 0.6) is 0 Å². The summed E-state index contributed by atoms with van der Waals surface area (Å²) in [6.45, 7) is 0. The summed E-state index contributed by atoms with van der Waals surface area (Å²) in [5.41, 5.74) is 24.9. The highest BCUT2D eigenvalue weighted by atomic mass is 17.2. The minimum Gasteiger partial charge on any atom is -0.321 e. The summed E-state index contributed by atoms with van der Waals surface area (Å²) in [6.07, 6.45) is -3.71. The standard InChI is InChI=1S/CH4N8O8/c2-6(10)14-1(15-7(3)11,16-8(4)12)17-9(5)13/h2-5H. The van der Waals surface area contributed by atoms with Crippen molar-refractivity contribution in [2.75, 3.05) is 0 Å². The lowest BCUT2D eigenvalue weighted by atomic mass is 11.1. The van der Waals surface area contributed by atoms with Crippen molar-refractivity contribution in [3.63, 3.8) is 0 Å². The van der Waals surface area contributed by atoms with Gasteiger partial charge < -0.3 is 19.4 Å². The molecule has 4 N–H and O–H groups in total. The van der Waals surface area contributed by atoms with Gasteiger partial charge in [0.15, 0.2) is 20.1 Å². The Morgan fingerprint density at radius 3 is 0.882 bits per heavy atom. The van der Waals surface area contributed by atoms with Crippen molar-refractivity contribution in [2.45, 2.75) is 6.16 Å². The van der Waals surface area contributed by atoms with Gasteiger partial charge in [-0.05, 0) is 0 Å². The minimum absolute atomic E-state index is 1.24. The Kier molecular flexibility index (Phi) is 4.09. The number of rotatable bonds is 8. The first-order chi connectivity index (χ1) is 7.67. The molecule has 0 saturated carbocycles. The van der Waals surface area contributed by atoms with Crippen molar-refractivity contribution >= 4 is 0 Å². The smallest absolute Gasteiger partial charge is 0.321 e. The van der Waals surface area contributed by atoms with Crippen LogP contribution in [-0.2, 0) is 19.4 Å². The van der Waals surface area contributed by atoms with E-state index in [4.69, 9.17) is 22.1 Å². The van der Waals surface area contributed by atoms with Crippen LogP contribution in [0.3, 0.4) is 0 Å². The third-order valence-corrected chi connectivity index (χ3v) is 0.779. The molecule has 96 valence electrons. The minimum atomic E-state index is -3.71. The van der Waals surface area contributed by atoms with E-state index in [-0.39, 0.29) is 0 Å². The average molecular weight is 256 g/mol. The van der Waals surface area contributed by atoms with Crippen LogP contribution in [0.4, 0.5) is 0 Å². The third-order valence-electron chi connectivity index (χ3n) is 0.779. The molecule has 0 aliphatic heterocycles. The van der Waals surface area contributed by atoms with Crippen molar-refractivity contribution in [3.05, 3.63) is 20.8 Å². The van der Waals surface area contributed by atoms with Gasteiger partial charge in [0.25, 0.3) is 0 Å². The summed E-state index contributed by atoms with van der Waals surface area (Å²) in [7, 11) is 0. The zero-order chi connectivity index (χ0) is 13.6. The van der Waals surface area contributed by atoms with Crippen LogP contribution < -0.4 is 0 Å². The zero-order valence-corrected chi connectivity index (χ0v) is 7.55. The Hall–Kier alpha value is -3.20. The highest BCUT2D eigenvalue weighted by molar-refractivity contribution is 4.21. The second-order valence-electron chi connectivity index (χ2n) is 1.89. The summed E-state index contributed by atoms with van der Waals surface area (Å²) in [5.74, 6) is 0. The lowest BCUT2D eigenvalue weighted by Crippen LogP contribution is -2.48. The van der Waals surface area contributed by atoms with Gasteiger partial charge in [-0.15, -0.1) is 0 Å². The highest BCUT2D eigenvalue weighted by Crippen LogP contribution is 2.18. The maximum Gasteiger partial charge on any atom is 0.409 e. The third kappa shape index (κ3) is 5.29. The molecule has 17 heavy (non-hydrogen) atoms. The molecule has 0 unspecified atom stereocenters. The van der Waals surface area contributed by atoms with Crippen molar-refractivity contribution in [1.29, 1.82) is 22.1 Å². The topological polar surface area (TPSA) is 237 Å². The molecule has 0 aliphatic rings. The van der Waals surface area contributed by atoms with Crippen molar-refractivity contribution in [2.24, 2.45) is 0 Å². The first-order valence-corrected chi connectivity index (χ1v) is 3.17. The van der Waals surface area contributed by atoms with E-state index >= 15 is 0 Å². The van der Waals surface area contributed by atoms with Gasteiger partial charge in [0, 0.05) is 22.1 Å². The van der Waals surface area contributed by atoms with Gasteiger partial charge >= 0.3 is 6.16 Å². The Morgan fingerprint density at radius 1 is 0.588 bits per heavy atom. The van der Waals surface area contributed by atoms with Crippen LogP contribution in [-0.4, -0.2) is 26.3 Å². The van der Waals surface area contributed by atoms with Crippen LogP contribution in [0.2, 0.25) is 0 Å². The van der Waals surface area contributed by atoms with Gasteiger partial charge in [0.1, 0.15) is 0 Å². The lowest BCUT2D eigenvalue weighted by Gasteiger charge is -2.33. The van der Waals surface area contributed by atoms with E-state index in [1.807, 2.05) is 0 Å². The summed E-state index contributed by atoms with van der Waals surface area (Å²) in [6, 6.07) is 0. The average Bonchev–Trinajstić information content (AvgIpc) is 1.95. The second kappa shape index (κ2) is 5.04. The SMILES string of the molecule is N=[N+]([O-])OC(O[N+](=N)[O-])(O[N+](=N)[O-])O[N+](=N)[O-]. The van der Waals surface area contributed by atoms with Crippen LogP contribution in [0, 0.1) is 43.0 Å². The van der Waals surface area contributed by atoms with E-state index in [1.165, 1.54) is 0 Å². The normalized spacial score (nSPS) is 12.7. The molecular weight excluding hydrogens is 252 g/mol. The molecule has 0 aliphatic carbocycles. The Labute approximate surface area is 89.8 Å². The van der Waals surface area contributed by atoms with Crippen LogP contribution in [0.1, 0.15) is 0 Å². The number of hydrogen-bond acceptors (Lipinski definition) is 12. The predicted octanol–water partition coefficient (Wildman–Crippen LogP) is -0.511. The molecule has 0 aromatic rings. The molecular formula is CH4N8O8. The molecule has 16 nitrogen and oxygen atoms in total. The number of nitrogens with one attached hydrogen (secondary N) is 4. The molecule has 0 saturated heterocycles. The van der Waals surface area contributed by atoms with E-state index in [0.717, 1.165) is 0 Å². The lowest BCUT2D eigenvalue weighted by molar-refractivity contribution is -1.06. The van der Waals surface area contributed by atoms with E-state index in [2.05, 4.69) is 19.4 Å². The maximum atomic E-state index is 10.2. The van der Waals surface area contributed by atoms with Gasteiger partial charge in [-0.25, -0.2) is 20.8 Å². The van der Waals surface area contributed by atoms with E-state index in [9.17, 15) is 20.8 Å². The summed E-state index contributed by atoms with van der Waals surface area (Å²) >= 11 is 0. The predicted molar refractivity (Wildman–Crippen MR) is 32.5 cm³/mol. The van der Waals surface area contributed by atoms with Crippen LogP contribution in [0.25, 0.3) is 0 Å². The summed E-state index contributed by atoms with van der Waals surface area (Å²) in [5, 5.41) is 35.8. The van der Waals surface area contributed by atoms with Gasteiger partial charge in [-0.2, -0.15) is 0 Å². The number of nitrogens with zero attached hydrogens (tertiary/aromatic N) is 4. The first kappa shape index (κ1) is 13.8. The zero-order valence-electron chi connectivity index (χ0n) is 7.55. The molecule has 0 atom stereocenters. The van der Waals surface area contributed by atoms with Crippen molar-refractivity contribution < 1.29 is 39.4 Å². The molecule has 0 aromatic carbocycles. The van der Waals surface area contributed by atoms with Gasteiger partial charge in [-0.3, -0.25) is 0 Å². The van der Waals surface area contributed by atoms with E-state index < -0.39 is 26.3 Å². The van der Waals surface area contributed by atoms with Crippen molar-refractivity contribution in [1.82, 2.24) is 0 Å². The Morgan fingerprint density at radius 2 is 0.765 bits per heavy atom. The molecule has 0 radical (unpaired) electrons. The van der Waals surface area contributed by atoms with Crippen molar-refractivity contribution in [3.8, 4) is 0 Å². The van der Waals surface area contributed by atoms with Gasteiger partial charge in [0.2, 0.25) is 0 Å². The van der Waals surface area contributed by atoms with E-state index in [1.54, 1.807) is 0 Å². The fraction of sp³-hybridized carbons (Fsp3) is 1.00.